The molecule has 18 heavy (non-hydrogen) atoms. The molecule has 0 saturated heterocycles. The summed E-state index contributed by atoms with van der Waals surface area (Å²) in [7, 11) is 0. The number of halogens is 4. The Hall–Kier alpha value is -0.980. The summed E-state index contributed by atoms with van der Waals surface area (Å²) in [6, 6.07) is 5.07. The molecule has 0 unspecified atom stereocenters. The van der Waals surface area contributed by atoms with Crippen molar-refractivity contribution in [1.82, 2.24) is 0 Å². The first-order valence-corrected chi connectivity index (χ1v) is 5.56. The van der Waals surface area contributed by atoms with Crippen molar-refractivity contribution in [2.45, 2.75) is 12.7 Å². The third kappa shape index (κ3) is 5.12. The summed E-state index contributed by atoms with van der Waals surface area (Å²) >= 11 is 5.89. The fourth-order valence-corrected chi connectivity index (χ4v) is 1.52. The van der Waals surface area contributed by atoms with Crippen molar-refractivity contribution in [2.24, 2.45) is 5.73 Å². The quantitative estimate of drug-likeness (QED) is 0.817. The van der Waals surface area contributed by atoms with E-state index in [2.05, 4.69) is 4.74 Å². The molecule has 0 aromatic heterocycles. The molecule has 0 radical (unpaired) electrons. The van der Waals surface area contributed by atoms with Gasteiger partial charge in [-0.2, -0.15) is 13.2 Å². The normalized spacial score (nSPS) is 11.6. The molecule has 1 aromatic carbocycles. The smallest absolute Gasteiger partial charge is 0.411 e. The highest BCUT2D eigenvalue weighted by molar-refractivity contribution is 6.32. The Balaban J connectivity index is 2.40. The van der Waals surface area contributed by atoms with E-state index < -0.39 is 12.8 Å². The minimum Gasteiger partial charge on any atom is -0.489 e. The van der Waals surface area contributed by atoms with E-state index in [1.54, 1.807) is 18.2 Å². The van der Waals surface area contributed by atoms with Crippen LogP contribution < -0.4 is 10.5 Å². The molecule has 0 atom stereocenters. The van der Waals surface area contributed by atoms with Gasteiger partial charge in [0.25, 0.3) is 0 Å². The van der Waals surface area contributed by atoms with Crippen molar-refractivity contribution in [3.63, 3.8) is 0 Å². The molecular formula is C11H13ClF3NO2. The monoisotopic (exact) mass is 283 g/mol. The van der Waals surface area contributed by atoms with Gasteiger partial charge >= 0.3 is 6.18 Å². The van der Waals surface area contributed by atoms with E-state index in [0.29, 0.717) is 16.3 Å². The molecule has 0 bridgehead atoms. The zero-order valence-electron chi connectivity index (χ0n) is 9.47. The maximum Gasteiger partial charge on any atom is 0.411 e. The van der Waals surface area contributed by atoms with Gasteiger partial charge in [0.2, 0.25) is 0 Å². The molecule has 0 aliphatic carbocycles. The van der Waals surface area contributed by atoms with Crippen LogP contribution in [0.5, 0.6) is 5.75 Å². The molecule has 0 amide bonds. The van der Waals surface area contributed by atoms with E-state index in [0.717, 1.165) is 0 Å². The Morgan fingerprint density at radius 3 is 2.56 bits per heavy atom. The van der Waals surface area contributed by atoms with Crippen molar-refractivity contribution in [1.29, 1.82) is 0 Å². The lowest BCUT2D eigenvalue weighted by atomic mass is 10.2. The highest BCUT2D eigenvalue weighted by atomic mass is 35.5. The second-order valence-electron chi connectivity index (χ2n) is 3.45. The van der Waals surface area contributed by atoms with Crippen LogP contribution >= 0.6 is 11.6 Å². The zero-order chi connectivity index (χ0) is 13.6. The molecule has 0 aliphatic heterocycles. The average molecular weight is 284 g/mol. The molecule has 1 rings (SSSR count). The van der Waals surface area contributed by atoms with Crippen molar-refractivity contribution in [3.05, 3.63) is 28.8 Å². The van der Waals surface area contributed by atoms with Crippen LogP contribution in [0.15, 0.2) is 18.2 Å². The van der Waals surface area contributed by atoms with Gasteiger partial charge in [-0.3, -0.25) is 0 Å². The van der Waals surface area contributed by atoms with Crippen LogP contribution in [0.25, 0.3) is 0 Å². The SMILES string of the molecule is NCc1cccc(Cl)c1OCCOCC(F)(F)F. The first kappa shape index (κ1) is 15.1. The first-order valence-electron chi connectivity index (χ1n) is 5.19. The number of rotatable bonds is 6. The number of benzene rings is 1. The summed E-state index contributed by atoms with van der Waals surface area (Å²) in [5, 5.41) is 0.369. The van der Waals surface area contributed by atoms with Crippen molar-refractivity contribution in [3.8, 4) is 5.75 Å². The highest BCUT2D eigenvalue weighted by Crippen LogP contribution is 2.28. The van der Waals surface area contributed by atoms with Crippen molar-refractivity contribution < 1.29 is 22.6 Å². The van der Waals surface area contributed by atoms with Crippen LogP contribution in [0.2, 0.25) is 5.02 Å². The average Bonchev–Trinajstić information content (AvgIpc) is 2.29. The van der Waals surface area contributed by atoms with Gasteiger partial charge in [0, 0.05) is 12.1 Å². The van der Waals surface area contributed by atoms with Gasteiger partial charge in [-0.25, -0.2) is 0 Å². The van der Waals surface area contributed by atoms with E-state index in [1.165, 1.54) is 0 Å². The summed E-state index contributed by atoms with van der Waals surface area (Å²) in [5.74, 6) is 0.386. The van der Waals surface area contributed by atoms with Crippen LogP contribution in [0.4, 0.5) is 13.2 Å². The minimum atomic E-state index is -4.33. The summed E-state index contributed by atoms with van der Waals surface area (Å²) in [5.41, 5.74) is 6.18. The zero-order valence-corrected chi connectivity index (χ0v) is 10.2. The molecule has 0 spiro atoms. The second-order valence-corrected chi connectivity index (χ2v) is 3.86. The number of hydrogen-bond acceptors (Lipinski definition) is 3. The summed E-state index contributed by atoms with van der Waals surface area (Å²) in [4.78, 5) is 0. The lowest BCUT2D eigenvalue weighted by Crippen LogP contribution is -2.19. The molecule has 1 aromatic rings. The molecule has 0 aliphatic rings. The predicted octanol–water partition coefficient (Wildman–Crippen LogP) is 2.76. The molecule has 7 heteroatoms. The van der Waals surface area contributed by atoms with Gasteiger partial charge in [-0.05, 0) is 6.07 Å². The van der Waals surface area contributed by atoms with Gasteiger partial charge in [-0.15, -0.1) is 0 Å². The van der Waals surface area contributed by atoms with E-state index in [4.69, 9.17) is 22.1 Å². The predicted molar refractivity (Wildman–Crippen MR) is 61.7 cm³/mol. The van der Waals surface area contributed by atoms with Crippen molar-refractivity contribution >= 4 is 11.6 Å². The largest absolute Gasteiger partial charge is 0.489 e. The highest BCUT2D eigenvalue weighted by Gasteiger charge is 2.27. The first-order chi connectivity index (χ1) is 8.44. The maximum atomic E-state index is 11.8. The van der Waals surface area contributed by atoms with Crippen LogP contribution in [0, 0.1) is 0 Å². The number of ether oxygens (including phenoxy) is 2. The standard InChI is InChI=1S/C11H13ClF3NO2/c12-9-3-1-2-8(6-16)10(9)18-5-4-17-7-11(13,14)15/h1-3H,4-7,16H2. The third-order valence-corrected chi connectivity index (χ3v) is 2.31. The van der Waals surface area contributed by atoms with Gasteiger partial charge < -0.3 is 15.2 Å². The number of alkyl halides is 3. The van der Waals surface area contributed by atoms with E-state index in [1.807, 2.05) is 0 Å². The van der Waals surface area contributed by atoms with Gasteiger partial charge in [0.05, 0.1) is 11.6 Å². The molecule has 2 N–H and O–H groups in total. The topological polar surface area (TPSA) is 44.5 Å². The number of para-hydroxylation sites is 1. The van der Waals surface area contributed by atoms with Crippen LogP contribution in [0.3, 0.4) is 0 Å². The molecule has 0 saturated carbocycles. The summed E-state index contributed by atoms with van der Waals surface area (Å²) in [6.45, 7) is -1.25. The second kappa shape index (κ2) is 6.82. The van der Waals surface area contributed by atoms with Crippen LogP contribution in [0.1, 0.15) is 5.56 Å². The van der Waals surface area contributed by atoms with E-state index in [-0.39, 0.29) is 19.8 Å². The van der Waals surface area contributed by atoms with Crippen LogP contribution in [-0.2, 0) is 11.3 Å². The molecular weight excluding hydrogens is 271 g/mol. The van der Waals surface area contributed by atoms with Gasteiger partial charge in [0.15, 0.2) is 0 Å². The number of nitrogens with two attached hydrogens (primary N) is 1. The molecule has 102 valence electrons. The Morgan fingerprint density at radius 2 is 1.94 bits per heavy atom. The van der Waals surface area contributed by atoms with E-state index in [9.17, 15) is 13.2 Å². The molecule has 0 heterocycles. The van der Waals surface area contributed by atoms with E-state index >= 15 is 0 Å². The molecule has 3 nitrogen and oxygen atoms in total. The summed E-state index contributed by atoms with van der Waals surface area (Å²) in [6.07, 6.45) is -4.33. The fourth-order valence-electron chi connectivity index (χ4n) is 1.27. The number of hydrogen-bond donors (Lipinski definition) is 1. The Morgan fingerprint density at radius 1 is 1.22 bits per heavy atom. The lowest BCUT2D eigenvalue weighted by Gasteiger charge is -2.12. The van der Waals surface area contributed by atoms with Crippen molar-refractivity contribution in [2.75, 3.05) is 19.8 Å². The Kier molecular flexibility index (Phi) is 5.71. The lowest BCUT2D eigenvalue weighted by molar-refractivity contribution is -0.175. The molecule has 0 fully saturated rings. The van der Waals surface area contributed by atoms with Gasteiger partial charge in [0.1, 0.15) is 19.0 Å². The van der Waals surface area contributed by atoms with Gasteiger partial charge in [-0.1, -0.05) is 23.7 Å². The van der Waals surface area contributed by atoms with Crippen LogP contribution in [-0.4, -0.2) is 26.0 Å². The minimum absolute atomic E-state index is 0.0210. The maximum absolute atomic E-state index is 11.8. The fraction of sp³-hybridized carbons (Fsp3) is 0.455. The summed E-state index contributed by atoms with van der Waals surface area (Å²) < 4.78 is 45.0. The Labute approximate surface area is 108 Å². The third-order valence-electron chi connectivity index (χ3n) is 2.01. The Bertz CT molecular complexity index is 385.